The van der Waals surface area contributed by atoms with E-state index in [1.165, 1.54) is 12.5 Å². The SMILES string of the molecule is NCC1CCCCC1Oc1ncccc1F. The third-order valence-electron chi connectivity index (χ3n) is 3.13. The van der Waals surface area contributed by atoms with Gasteiger partial charge in [0, 0.05) is 12.1 Å². The summed E-state index contributed by atoms with van der Waals surface area (Å²) in [6.45, 7) is 0.596. The van der Waals surface area contributed by atoms with E-state index in [0.717, 1.165) is 19.3 Å². The summed E-state index contributed by atoms with van der Waals surface area (Å²) in [6.07, 6.45) is 5.87. The van der Waals surface area contributed by atoms with Crippen molar-refractivity contribution in [1.29, 1.82) is 0 Å². The maximum Gasteiger partial charge on any atom is 0.250 e. The Labute approximate surface area is 94.8 Å². The van der Waals surface area contributed by atoms with Gasteiger partial charge in [-0.25, -0.2) is 9.37 Å². The first-order valence-corrected chi connectivity index (χ1v) is 5.78. The average Bonchev–Trinajstić information content (AvgIpc) is 2.33. The quantitative estimate of drug-likeness (QED) is 0.855. The topological polar surface area (TPSA) is 48.1 Å². The molecule has 0 spiro atoms. The minimum Gasteiger partial charge on any atom is -0.472 e. The van der Waals surface area contributed by atoms with E-state index in [-0.39, 0.29) is 12.0 Å². The number of hydrogen-bond donors (Lipinski definition) is 1. The van der Waals surface area contributed by atoms with Gasteiger partial charge in [0.15, 0.2) is 5.82 Å². The maximum atomic E-state index is 13.4. The lowest BCUT2D eigenvalue weighted by Gasteiger charge is -2.30. The van der Waals surface area contributed by atoms with Crippen molar-refractivity contribution >= 4 is 0 Å². The van der Waals surface area contributed by atoms with Crippen molar-refractivity contribution in [3.8, 4) is 5.88 Å². The van der Waals surface area contributed by atoms with Crippen LogP contribution in [0.15, 0.2) is 18.3 Å². The van der Waals surface area contributed by atoms with E-state index >= 15 is 0 Å². The summed E-state index contributed by atoms with van der Waals surface area (Å²) in [5.74, 6) is 0.0341. The average molecular weight is 224 g/mol. The highest BCUT2D eigenvalue weighted by atomic mass is 19.1. The predicted octanol–water partition coefficient (Wildman–Crippen LogP) is 2.12. The molecule has 0 aliphatic heterocycles. The molecule has 3 nitrogen and oxygen atoms in total. The molecular weight excluding hydrogens is 207 g/mol. The van der Waals surface area contributed by atoms with Crippen LogP contribution in [-0.4, -0.2) is 17.6 Å². The van der Waals surface area contributed by atoms with E-state index < -0.39 is 5.82 Å². The van der Waals surface area contributed by atoms with Crippen LogP contribution < -0.4 is 10.5 Å². The van der Waals surface area contributed by atoms with Crippen LogP contribution in [-0.2, 0) is 0 Å². The summed E-state index contributed by atoms with van der Waals surface area (Å²) in [5.41, 5.74) is 5.69. The molecule has 2 unspecified atom stereocenters. The van der Waals surface area contributed by atoms with Gasteiger partial charge in [-0.05, 0) is 37.9 Å². The van der Waals surface area contributed by atoms with Gasteiger partial charge in [0.2, 0.25) is 0 Å². The second-order valence-corrected chi connectivity index (χ2v) is 4.23. The third kappa shape index (κ3) is 2.50. The third-order valence-corrected chi connectivity index (χ3v) is 3.13. The van der Waals surface area contributed by atoms with Gasteiger partial charge in [0.05, 0.1) is 0 Å². The molecule has 2 N–H and O–H groups in total. The Kier molecular flexibility index (Phi) is 3.72. The first-order chi connectivity index (χ1) is 7.81. The zero-order chi connectivity index (χ0) is 11.4. The molecule has 16 heavy (non-hydrogen) atoms. The Balaban J connectivity index is 2.05. The molecular formula is C12H17FN2O. The van der Waals surface area contributed by atoms with Gasteiger partial charge in [-0.15, -0.1) is 0 Å². The molecule has 0 aromatic carbocycles. The van der Waals surface area contributed by atoms with Crippen LogP contribution in [0, 0.1) is 11.7 Å². The summed E-state index contributed by atoms with van der Waals surface area (Å²) >= 11 is 0. The van der Waals surface area contributed by atoms with E-state index in [9.17, 15) is 4.39 Å². The largest absolute Gasteiger partial charge is 0.472 e. The van der Waals surface area contributed by atoms with E-state index in [0.29, 0.717) is 12.5 Å². The molecule has 1 fully saturated rings. The first-order valence-electron chi connectivity index (χ1n) is 5.78. The van der Waals surface area contributed by atoms with Crippen molar-refractivity contribution in [2.75, 3.05) is 6.54 Å². The zero-order valence-corrected chi connectivity index (χ0v) is 9.23. The van der Waals surface area contributed by atoms with E-state index in [1.54, 1.807) is 12.3 Å². The van der Waals surface area contributed by atoms with Gasteiger partial charge < -0.3 is 10.5 Å². The molecule has 0 bridgehead atoms. The summed E-state index contributed by atoms with van der Waals surface area (Å²) in [6, 6.07) is 2.92. The predicted molar refractivity (Wildman–Crippen MR) is 59.6 cm³/mol. The van der Waals surface area contributed by atoms with Gasteiger partial charge in [-0.2, -0.15) is 0 Å². The molecule has 0 saturated heterocycles. The number of nitrogens with two attached hydrogens (primary N) is 1. The lowest BCUT2D eigenvalue weighted by Crippen LogP contribution is -2.35. The normalized spacial score (nSPS) is 25.4. The van der Waals surface area contributed by atoms with Crippen LogP contribution in [0.1, 0.15) is 25.7 Å². The van der Waals surface area contributed by atoms with Gasteiger partial charge in [-0.1, -0.05) is 6.42 Å². The number of pyridine rings is 1. The molecule has 0 radical (unpaired) electrons. The maximum absolute atomic E-state index is 13.4. The highest BCUT2D eigenvalue weighted by Crippen LogP contribution is 2.27. The summed E-state index contributed by atoms with van der Waals surface area (Å²) < 4.78 is 19.0. The Bertz CT molecular complexity index is 346. The lowest BCUT2D eigenvalue weighted by molar-refractivity contribution is 0.0876. The molecule has 1 aromatic heterocycles. The minimum atomic E-state index is -0.399. The first kappa shape index (κ1) is 11.3. The fraction of sp³-hybridized carbons (Fsp3) is 0.583. The number of aromatic nitrogens is 1. The highest BCUT2D eigenvalue weighted by molar-refractivity contribution is 5.13. The molecule has 88 valence electrons. The monoisotopic (exact) mass is 224 g/mol. The van der Waals surface area contributed by atoms with Gasteiger partial charge >= 0.3 is 0 Å². The second-order valence-electron chi connectivity index (χ2n) is 4.23. The molecule has 1 aliphatic carbocycles. The van der Waals surface area contributed by atoms with Crippen LogP contribution in [0.5, 0.6) is 5.88 Å². The Hall–Kier alpha value is -1.16. The fourth-order valence-electron chi connectivity index (χ4n) is 2.20. The molecule has 4 heteroatoms. The summed E-state index contributed by atoms with van der Waals surface area (Å²) in [5, 5.41) is 0. The fourth-order valence-corrected chi connectivity index (χ4v) is 2.20. The highest BCUT2D eigenvalue weighted by Gasteiger charge is 2.26. The van der Waals surface area contributed by atoms with E-state index in [4.69, 9.17) is 10.5 Å². The Morgan fingerprint density at radius 3 is 3.00 bits per heavy atom. The summed E-state index contributed by atoms with van der Waals surface area (Å²) in [7, 11) is 0. The van der Waals surface area contributed by atoms with Crippen molar-refractivity contribution in [2.45, 2.75) is 31.8 Å². The second kappa shape index (κ2) is 5.25. The molecule has 0 amide bonds. The minimum absolute atomic E-state index is 0.0168. The van der Waals surface area contributed by atoms with Crippen molar-refractivity contribution in [2.24, 2.45) is 11.7 Å². The van der Waals surface area contributed by atoms with Crippen LogP contribution in [0.2, 0.25) is 0 Å². The number of rotatable bonds is 3. The van der Waals surface area contributed by atoms with Crippen LogP contribution in [0.25, 0.3) is 0 Å². The van der Waals surface area contributed by atoms with E-state index in [2.05, 4.69) is 4.98 Å². The van der Waals surface area contributed by atoms with Crippen LogP contribution >= 0.6 is 0 Å². The van der Waals surface area contributed by atoms with Gasteiger partial charge in [0.25, 0.3) is 5.88 Å². The van der Waals surface area contributed by atoms with Crippen molar-refractivity contribution in [1.82, 2.24) is 4.98 Å². The number of hydrogen-bond acceptors (Lipinski definition) is 3. The molecule has 1 aromatic rings. The van der Waals surface area contributed by atoms with Crippen LogP contribution in [0.3, 0.4) is 0 Å². The summed E-state index contributed by atoms with van der Waals surface area (Å²) in [4.78, 5) is 3.90. The van der Waals surface area contributed by atoms with E-state index in [1.807, 2.05) is 0 Å². The van der Waals surface area contributed by atoms with Crippen molar-refractivity contribution in [3.05, 3.63) is 24.1 Å². The molecule has 1 aliphatic rings. The van der Waals surface area contributed by atoms with Gasteiger partial charge in [0.1, 0.15) is 6.10 Å². The molecule has 1 saturated carbocycles. The Morgan fingerprint density at radius 2 is 2.25 bits per heavy atom. The Morgan fingerprint density at radius 1 is 1.44 bits per heavy atom. The van der Waals surface area contributed by atoms with Crippen molar-refractivity contribution in [3.63, 3.8) is 0 Å². The zero-order valence-electron chi connectivity index (χ0n) is 9.23. The molecule has 1 heterocycles. The lowest BCUT2D eigenvalue weighted by atomic mass is 9.86. The van der Waals surface area contributed by atoms with Gasteiger partial charge in [-0.3, -0.25) is 0 Å². The molecule has 2 rings (SSSR count). The smallest absolute Gasteiger partial charge is 0.250 e. The standard InChI is InChI=1S/C12H17FN2O/c13-10-5-3-7-15-12(10)16-11-6-2-1-4-9(11)8-14/h3,5,7,9,11H,1-2,4,6,8,14H2. The molecule has 2 atom stereocenters. The number of ether oxygens (including phenoxy) is 1. The number of halogens is 1. The number of nitrogens with zero attached hydrogens (tertiary/aromatic N) is 1. The van der Waals surface area contributed by atoms with Crippen LogP contribution in [0.4, 0.5) is 4.39 Å². The van der Waals surface area contributed by atoms with Crippen molar-refractivity contribution < 1.29 is 9.13 Å².